The molecule has 2 heterocycles. The van der Waals surface area contributed by atoms with Crippen molar-refractivity contribution >= 4 is 29.8 Å². The third-order valence-corrected chi connectivity index (χ3v) is 12.4. The van der Waals surface area contributed by atoms with Crippen LogP contribution in [0.4, 0.5) is 13.6 Å². The summed E-state index contributed by atoms with van der Waals surface area (Å²) in [6.07, 6.45) is -9.53. The summed E-state index contributed by atoms with van der Waals surface area (Å²) < 4.78 is 61.6. The lowest BCUT2D eigenvalue weighted by Gasteiger charge is -2.67. The number of hydrogen-bond acceptors (Lipinski definition) is 13. The Labute approximate surface area is 333 Å². The van der Waals surface area contributed by atoms with Gasteiger partial charge < -0.3 is 49.3 Å². The van der Waals surface area contributed by atoms with Crippen LogP contribution in [0.15, 0.2) is 59.8 Å². The largest absolute Gasteiger partial charge is 0.455 e. The van der Waals surface area contributed by atoms with Gasteiger partial charge in [0.05, 0.1) is 29.6 Å². The Bertz CT molecular complexity index is 2000. The number of alkyl halides is 2. The second kappa shape index (κ2) is 14.5. The summed E-state index contributed by atoms with van der Waals surface area (Å²) in [4.78, 5) is 70.9. The van der Waals surface area contributed by atoms with Gasteiger partial charge in [0.1, 0.15) is 41.7 Å². The molecule has 1 aliphatic heterocycles. The van der Waals surface area contributed by atoms with E-state index in [9.17, 15) is 39.3 Å². The highest BCUT2D eigenvalue weighted by Crippen LogP contribution is 2.64. The van der Waals surface area contributed by atoms with E-state index < -0.39 is 112 Å². The molecule has 6 rings (SSSR count). The minimum absolute atomic E-state index is 0.0107. The van der Waals surface area contributed by atoms with Crippen LogP contribution in [0.1, 0.15) is 90.3 Å². The molecule has 316 valence electrons. The lowest BCUT2D eigenvalue weighted by Crippen LogP contribution is -2.81. The number of esters is 3. The summed E-state index contributed by atoms with van der Waals surface area (Å²) in [5.74, 6) is -11.1. The Morgan fingerprint density at radius 3 is 2.22 bits per heavy atom. The molecule has 2 bridgehead atoms. The van der Waals surface area contributed by atoms with E-state index in [0.717, 1.165) is 6.92 Å². The van der Waals surface area contributed by atoms with E-state index in [1.165, 1.54) is 78.9 Å². The fourth-order valence-corrected chi connectivity index (χ4v) is 9.41. The van der Waals surface area contributed by atoms with Gasteiger partial charge in [-0.2, -0.15) is 8.78 Å². The number of amides is 1. The molecule has 0 radical (unpaired) electrons. The number of ketones is 1. The smallest absolute Gasteiger partial charge is 0.408 e. The number of ether oxygens (including phenoxy) is 5. The average Bonchev–Trinajstić information content (AvgIpc) is 3.66. The van der Waals surface area contributed by atoms with Crippen molar-refractivity contribution in [2.24, 2.45) is 16.7 Å². The number of aromatic nitrogens is 1. The van der Waals surface area contributed by atoms with E-state index in [1.807, 2.05) is 5.32 Å². The molecule has 5 N–H and O–H groups in total. The van der Waals surface area contributed by atoms with Crippen LogP contribution in [0.3, 0.4) is 0 Å². The number of aliphatic hydroxyl groups excluding tert-OH is 2. The molecular formula is C41H50F2N2O13. The Morgan fingerprint density at radius 1 is 1.02 bits per heavy atom. The number of aliphatic hydroxyl groups is 3. The van der Waals surface area contributed by atoms with Gasteiger partial charge in [-0.3, -0.25) is 9.59 Å². The maximum atomic E-state index is 16.5. The maximum absolute atomic E-state index is 16.5. The number of halogens is 2. The molecule has 17 heteroatoms. The molecule has 0 spiro atoms. The molecule has 4 aliphatic rings. The summed E-state index contributed by atoms with van der Waals surface area (Å²) in [7, 11) is 0. The van der Waals surface area contributed by atoms with Crippen LogP contribution in [0.5, 0.6) is 0 Å². The van der Waals surface area contributed by atoms with E-state index >= 15 is 8.78 Å². The Balaban J connectivity index is 1.50. The molecule has 0 unspecified atom stereocenters. The van der Waals surface area contributed by atoms with Crippen molar-refractivity contribution in [3.8, 4) is 0 Å². The van der Waals surface area contributed by atoms with Crippen molar-refractivity contribution in [3.05, 3.63) is 71.1 Å². The van der Waals surface area contributed by atoms with Crippen molar-refractivity contribution < 1.29 is 71.8 Å². The minimum atomic E-state index is -4.51. The number of Topliss-reactive ketones (excluding diaryl/α,β-unsaturated/α-hetero) is 1. The van der Waals surface area contributed by atoms with Crippen LogP contribution in [0, 0.1) is 16.7 Å². The first kappa shape index (κ1) is 42.9. The van der Waals surface area contributed by atoms with Crippen molar-refractivity contribution in [3.63, 3.8) is 0 Å². The third kappa shape index (κ3) is 6.78. The molecular weight excluding hydrogens is 766 g/mol. The number of nitrogens with one attached hydrogen (secondary N) is 2. The van der Waals surface area contributed by atoms with Gasteiger partial charge in [0.15, 0.2) is 11.4 Å². The molecule has 1 saturated heterocycles. The monoisotopic (exact) mass is 816 g/mol. The predicted octanol–water partition coefficient (Wildman–Crippen LogP) is 3.86. The van der Waals surface area contributed by atoms with Crippen LogP contribution in [-0.4, -0.2) is 110 Å². The van der Waals surface area contributed by atoms with E-state index in [0.29, 0.717) is 0 Å². The van der Waals surface area contributed by atoms with E-state index in [2.05, 4.69) is 4.98 Å². The third-order valence-electron chi connectivity index (χ3n) is 12.4. The Kier molecular flexibility index (Phi) is 10.7. The molecule has 2 aromatic rings. The number of carbonyl (C=O) groups is 5. The number of benzene rings is 1. The van der Waals surface area contributed by atoms with Crippen LogP contribution in [0.25, 0.3) is 0 Å². The SMILES string of the molecule is CC(=O)O[C@@]12CO[C@@H]1C[C@H](O)[C@@]1(C)C(=O)[C@H](O)C3=C(C)[C@@H](OC(=O)C(F)(F)[C@H](NC(=O)OC(C)(C)C)c4ccc[nH]4)C[C@@](O)([C@@H](OC(=O)c4ccccc4)[C@H]21)C3(C)C. The summed E-state index contributed by atoms with van der Waals surface area (Å²) in [5, 5.41) is 39.3. The summed E-state index contributed by atoms with van der Waals surface area (Å²) >= 11 is 0. The first-order valence-corrected chi connectivity index (χ1v) is 19.0. The first-order chi connectivity index (χ1) is 26.8. The second-order valence-corrected chi connectivity index (χ2v) is 17.4. The fraction of sp³-hybridized carbons (Fsp3) is 0.585. The first-order valence-electron chi connectivity index (χ1n) is 19.0. The van der Waals surface area contributed by atoms with E-state index in [-0.39, 0.29) is 35.4 Å². The predicted molar refractivity (Wildman–Crippen MR) is 197 cm³/mol. The highest BCUT2D eigenvalue weighted by atomic mass is 19.3. The molecule has 15 nitrogen and oxygen atoms in total. The minimum Gasteiger partial charge on any atom is -0.455 e. The topological polar surface area (TPSA) is 220 Å². The summed E-state index contributed by atoms with van der Waals surface area (Å²) in [5.41, 5.74) is -9.89. The molecule has 10 atom stereocenters. The lowest BCUT2D eigenvalue weighted by molar-refractivity contribution is -0.346. The Morgan fingerprint density at radius 2 is 1.67 bits per heavy atom. The number of carbonyl (C=O) groups excluding carboxylic acids is 5. The van der Waals surface area contributed by atoms with Gasteiger partial charge in [-0.05, 0) is 70.0 Å². The van der Waals surface area contributed by atoms with Crippen LogP contribution in [0.2, 0.25) is 0 Å². The van der Waals surface area contributed by atoms with Crippen LogP contribution < -0.4 is 5.32 Å². The summed E-state index contributed by atoms with van der Waals surface area (Å²) in [6.45, 7) is 10.8. The van der Waals surface area contributed by atoms with Crippen LogP contribution in [-0.2, 0) is 38.1 Å². The standard InChI is InChI=1S/C41H50F2N2O13/c1-20-24(55-34(51)41(42,43)30(23-15-12-16-44-23)45-35(52)58-36(3,4)5)18-40(53)32(56-33(50)22-13-10-9-11-14-22)29-38(8,31(49)28(48)27(20)37(40,6)7)25(47)17-26-39(29,19-54-26)57-21(2)46/h9-16,24-26,28-30,32,44,47-48,53H,17-19H2,1-8H3,(H,45,52)/t24-,25-,26+,28+,29-,30+,32-,38+,39-,40+/m0/s1. The van der Waals surface area contributed by atoms with Crippen LogP contribution >= 0.6 is 0 Å². The Hall–Kier alpha value is -4.71. The fourth-order valence-electron chi connectivity index (χ4n) is 9.41. The number of rotatable bonds is 8. The van der Waals surface area contributed by atoms with Crippen molar-refractivity contribution in [1.82, 2.24) is 10.3 Å². The van der Waals surface area contributed by atoms with Crippen molar-refractivity contribution in [1.29, 1.82) is 0 Å². The number of aromatic amines is 1. The van der Waals surface area contributed by atoms with Crippen molar-refractivity contribution in [2.45, 2.75) is 128 Å². The zero-order valence-electron chi connectivity index (χ0n) is 33.5. The van der Waals surface area contributed by atoms with E-state index in [4.69, 9.17) is 23.7 Å². The highest BCUT2D eigenvalue weighted by molar-refractivity contribution is 5.94. The normalized spacial score (nSPS) is 33.5. The zero-order valence-corrected chi connectivity index (χ0v) is 33.5. The highest BCUT2D eigenvalue weighted by Gasteiger charge is 2.78. The van der Waals surface area contributed by atoms with Gasteiger partial charge in [0, 0.05) is 37.1 Å². The van der Waals surface area contributed by atoms with Gasteiger partial charge in [0.25, 0.3) is 0 Å². The van der Waals surface area contributed by atoms with Gasteiger partial charge >= 0.3 is 29.9 Å². The van der Waals surface area contributed by atoms with Gasteiger partial charge in [0.2, 0.25) is 0 Å². The van der Waals surface area contributed by atoms with Gasteiger partial charge in [-0.25, -0.2) is 14.4 Å². The summed E-state index contributed by atoms with van der Waals surface area (Å²) in [6, 6.07) is 7.83. The zero-order chi connectivity index (χ0) is 43.0. The van der Waals surface area contributed by atoms with Crippen molar-refractivity contribution in [2.75, 3.05) is 6.61 Å². The molecule has 3 aliphatic carbocycles. The number of H-pyrrole nitrogens is 1. The molecule has 3 fully saturated rings. The number of hydrogen-bond donors (Lipinski definition) is 5. The number of alkyl carbamates (subject to hydrolysis) is 1. The molecule has 1 aromatic carbocycles. The number of fused-ring (bicyclic) bond motifs is 5. The molecule has 2 saturated carbocycles. The maximum Gasteiger partial charge on any atom is 0.408 e. The molecule has 1 aromatic heterocycles. The van der Waals surface area contributed by atoms with Gasteiger partial charge in [-0.1, -0.05) is 32.0 Å². The molecule has 1 amide bonds. The lowest BCUT2D eigenvalue weighted by atomic mass is 9.44. The second-order valence-electron chi connectivity index (χ2n) is 17.4. The average molecular weight is 817 g/mol. The van der Waals surface area contributed by atoms with E-state index in [1.54, 1.807) is 18.2 Å². The van der Waals surface area contributed by atoms with Gasteiger partial charge in [-0.15, -0.1) is 0 Å². The molecule has 58 heavy (non-hydrogen) atoms. The quantitative estimate of drug-likeness (QED) is 0.145.